The van der Waals surface area contributed by atoms with Crippen LogP contribution in [-0.2, 0) is 11.6 Å². The van der Waals surface area contributed by atoms with E-state index < -0.39 is 12.8 Å². The molecule has 1 aliphatic rings. The quantitative estimate of drug-likeness (QED) is 0.526. The average Bonchev–Trinajstić information content (AvgIpc) is 3.48. The summed E-state index contributed by atoms with van der Waals surface area (Å²) in [4.78, 5) is 26.7. The van der Waals surface area contributed by atoms with Crippen molar-refractivity contribution in [1.82, 2.24) is 14.8 Å². The molecular formula is C24H24FN5O3. The molecule has 0 unspecified atom stereocenters. The maximum atomic E-state index is 13.6. The Morgan fingerprint density at radius 3 is 2.39 bits per heavy atom. The predicted molar refractivity (Wildman–Crippen MR) is 122 cm³/mol. The SMILES string of the molecule is O=C(O)CCCC1=CN(c2ccccc2)CN1N(C(=O)c1ccccc1)c1cnn(CF)c1. The van der Waals surface area contributed by atoms with Crippen LogP contribution in [0.1, 0.15) is 29.6 Å². The Morgan fingerprint density at radius 1 is 1.06 bits per heavy atom. The lowest BCUT2D eigenvalue weighted by atomic mass is 10.2. The lowest BCUT2D eigenvalue weighted by Gasteiger charge is -2.34. The third kappa shape index (κ3) is 5.03. The number of carboxylic acid groups (broad SMARTS) is 1. The van der Waals surface area contributed by atoms with Crippen LogP contribution in [0.15, 0.2) is 85.0 Å². The van der Waals surface area contributed by atoms with Gasteiger partial charge in [0.25, 0.3) is 5.91 Å². The summed E-state index contributed by atoms with van der Waals surface area (Å²) in [5.41, 5.74) is 2.59. The number of para-hydroxylation sites is 1. The highest BCUT2D eigenvalue weighted by Crippen LogP contribution is 2.31. The number of carbonyl (C=O) groups is 2. The van der Waals surface area contributed by atoms with Gasteiger partial charge in [0.05, 0.1) is 18.1 Å². The highest BCUT2D eigenvalue weighted by molar-refractivity contribution is 6.05. The van der Waals surface area contributed by atoms with Crippen molar-refractivity contribution < 1.29 is 19.1 Å². The number of rotatable bonds is 9. The van der Waals surface area contributed by atoms with Crippen LogP contribution in [0.4, 0.5) is 15.8 Å². The lowest BCUT2D eigenvalue weighted by molar-refractivity contribution is -0.137. The Balaban J connectivity index is 1.71. The van der Waals surface area contributed by atoms with Crippen molar-refractivity contribution in [2.24, 2.45) is 0 Å². The number of nitrogens with zero attached hydrogens (tertiary/aromatic N) is 5. The van der Waals surface area contributed by atoms with Crippen LogP contribution >= 0.6 is 0 Å². The molecule has 0 bridgehead atoms. The molecule has 1 amide bonds. The van der Waals surface area contributed by atoms with Crippen molar-refractivity contribution >= 4 is 23.3 Å². The van der Waals surface area contributed by atoms with Crippen molar-refractivity contribution in [2.75, 3.05) is 16.6 Å². The molecule has 0 fully saturated rings. The minimum Gasteiger partial charge on any atom is -0.481 e. The maximum Gasteiger partial charge on any atom is 0.303 e. The molecule has 3 aromatic rings. The number of aromatic nitrogens is 2. The molecule has 0 radical (unpaired) electrons. The zero-order chi connectivity index (χ0) is 23.2. The van der Waals surface area contributed by atoms with Gasteiger partial charge in [-0.2, -0.15) is 5.10 Å². The van der Waals surface area contributed by atoms with Gasteiger partial charge in [-0.1, -0.05) is 36.4 Å². The van der Waals surface area contributed by atoms with Crippen LogP contribution < -0.4 is 9.91 Å². The van der Waals surface area contributed by atoms with Crippen molar-refractivity contribution in [3.8, 4) is 0 Å². The van der Waals surface area contributed by atoms with Crippen molar-refractivity contribution in [1.29, 1.82) is 0 Å². The first-order valence-electron chi connectivity index (χ1n) is 10.6. The van der Waals surface area contributed by atoms with Gasteiger partial charge < -0.3 is 10.0 Å². The molecule has 4 rings (SSSR count). The van der Waals surface area contributed by atoms with Crippen molar-refractivity contribution in [3.05, 3.63) is 90.5 Å². The lowest BCUT2D eigenvalue weighted by Crippen LogP contribution is -2.47. The van der Waals surface area contributed by atoms with Gasteiger partial charge in [0.15, 0.2) is 6.80 Å². The summed E-state index contributed by atoms with van der Waals surface area (Å²) in [6.45, 7) is -0.489. The summed E-state index contributed by atoms with van der Waals surface area (Å²) >= 11 is 0. The van der Waals surface area contributed by atoms with Crippen molar-refractivity contribution in [2.45, 2.75) is 26.1 Å². The Hall–Kier alpha value is -4.14. The van der Waals surface area contributed by atoms with E-state index in [2.05, 4.69) is 5.10 Å². The summed E-state index contributed by atoms with van der Waals surface area (Å²) in [6.07, 6.45) is 5.72. The highest BCUT2D eigenvalue weighted by Gasteiger charge is 2.32. The highest BCUT2D eigenvalue weighted by atomic mass is 19.1. The van der Waals surface area contributed by atoms with E-state index in [4.69, 9.17) is 5.11 Å². The minimum absolute atomic E-state index is 0.0168. The van der Waals surface area contributed by atoms with Gasteiger partial charge in [-0.05, 0) is 37.1 Å². The summed E-state index contributed by atoms with van der Waals surface area (Å²) < 4.78 is 14.3. The van der Waals surface area contributed by atoms with Gasteiger partial charge in [-0.15, -0.1) is 0 Å². The fraction of sp³-hybridized carbons (Fsp3) is 0.208. The van der Waals surface area contributed by atoms with Crippen LogP contribution in [-0.4, -0.2) is 38.4 Å². The number of benzene rings is 2. The first-order valence-corrected chi connectivity index (χ1v) is 10.6. The molecule has 2 heterocycles. The molecular weight excluding hydrogens is 425 g/mol. The predicted octanol–water partition coefficient (Wildman–Crippen LogP) is 4.25. The fourth-order valence-corrected chi connectivity index (χ4v) is 3.70. The second kappa shape index (κ2) is 9.99. The Morgan fingerprint density at radius 2 is 1.76 bits per heavy atom. The van der Waals surface area contributed by atoms with Gasteiger partial charge in [0.2, 0.25) is 0 Å². The topological polar surface area (TPSA) is 81.9 Å². The summed E-state index contributed by atoms with van der Waals surface area (Å²) in [6, 6.07) is 18.5. The van der Waals surface area contributed by atoms with Crippen LogP contribution in [0.2, 0.25) is 0 Å². The molecule has 0 atom stereocenters. The number of carboxylic acids is 1. The molecule has 0 saturated heterocycles. The van der Waals surface area contributed by atoms with Gasteiger partial charge in [-0.3, -0.25) is 14.6 Å². The smallest absolute Gasteiger partial charge is 0.303 e. The number of halogens is 1. The van der Waals surface area contributed by atoms with Gasteiger partial charge in [0, 0.05) is 23.9 Å². The molecule has 1 aromatic heterocycles. The van der Waals surface area contributed by atoms with E-state index in [0.717, 1.165) is 16.1 Å². The van der Waals surface area contributed by atoms with E-state index >= 15 is 0 Å². The number of hydrazine groups is 1. The number of anilines is 2. The first kappa shape index (κ1) is 22.1. The standard InChI is InChI=1S/C24H24FN5O3/c25-17-28-16-22(14-26-28)30(24(33)19-8-3-1-4-9-19)29-18-27(20-10-5-2-6-11-20)15-21(29)12-7-13-23(31)32/h1-6,8-11,14-16H,7,12-13,17-18H2,(H,31,32). The number of allylic oxidation sites excluding steroid dienone is 1. The molecule has 9 heteroatoms. The molecule has 170 valence electrons. The Kier molecular flexibility index (Phi) is 6.68. The third-order valence-corrected chi connectivity index (χ3v) is 5.28. The second-order valence-electron chi connectivity index (χ2n) is 7.55. The van der Waals surface area contributed by atoms with E-state index in [0.29, 0.717) is 30.8 Å². The van der Waals surface area contributed by atoms with Crippen LogP contribution in [0, 0.1) is 0 Å². The molecule has 0 saturated carbocycles. The average molecular weight is 449 g/mol. The minimum atomic E-state index is -0.874. The van der Waals surface area contributed by atoms with Gasteiger partial charge in [0.1, 0.15) is 12.4 Å². The van der Waals surface area contributed by atoms with Crippen LogP contribution in [0.5, 0.6) is 0 Å². The molecule has 0 spiro atoms. The summed E-state index contributed by atoms with van der Waals surface area (Å²) in [7, 11) is 0. The van der Waals surface area contributed by atoms with Gasteiger partial charge in [-0.25, -0.2) is 14.1 Å². The zero-order valence-corrected chi connectivity index (χ0v) is 17.9. The molecule has 2 aromatic carbocycles. The van der Waals surface area contributed by atoms with E-state index in [9.17, 15) is 14.0 Å². The van der Waals surface area contributed by atoms with E-state index in [-0.39, 0.29) is 12.3 Å². The van der Waals surface area contributed by atoms with Gasteiger partial charge >= 0.3 is 5.97 Å². The normalized spacial score (nSPS) is 13.2. The number of amides is 1. The third-order valence-electron chi connectivity index (χ3n) is 5.28. The molecule has 0 aliphatic carbocycles. The fourth-order valence-electron chi connectivity index (χ4n) is 3.70. The molecule has 1 aliphatic heterocycles. The van der Waals surface area contributed by atoms with Crippen LogP contribution in [0.3, 0.4) is 0 Å². The number of alkyl halides is 1. The van der Waals surface area contributed by atoms with E-state index in [1.807, 2.05) is 47.5 Å². The van der Waals surface area contributed by atoms with Crippen molar-refractivity contribution in [3.63, 3.8) is 0 Å². The monoisotopic (exact) mass is 449 g/mol. The summed E-state index contributed by atoms with van der Waals surface area (Å²) in [5.74, 6) is -1.17. The van der Waals surface area contributed by atoms with Crippen LogP contribution in [0.25, 0.3) is 0 Å². The van der Waals surface area contributed by atoms with E-state index in [1.165, 1.54) is 17.4 Å². The first-order chi connectivity index (χ1) is 16.1. The molecule has 33 heavy (non-hydrogen) atoms. The largest absolute Gasteiger partial charge is 0.481 e. The number of carbonyl (C=O) groups excluding carboxylic acids is 1. The number of hydrogen-bond acceptors (Lipinski definition) is 5. The molecule has 8 nitrogen and oxygen atoms in total. The Bertz CT molecular complexity index is 1130. The molecule has 1 N–H and O–H groups in total. The maximum absolute atomic E-state index is 13.6. The number of aliphatic carboxylic acids is 1. The zero-order valence-electron chi connectivity index (χ0n) is 17.9. The van der Waals surface area contributed by atoms with E-state index in [1.54, 1.807) is 29.3 Å². The summed E-state index contributed by atoms with van der Waals surface area (Å²) in [5, 5.41) is 16.4. The number of hydrogen-bond donors (Lipinski definition) is 1. The second-order valence-corrected chi connectivity index (χ2v) is 7.55. The Labute approximate surface area is 190 Å².